The number of benzene rings is 2. The molecule has 1 saturated carbocycles. The fraction of sp³-hybridized carbons (Fsp3) is 0.440. The molecule has 8 heteroatoms. The van der Waals surface area contributed by atoms with E-state index >= 15 is 0 Å². The van der Waals surface area contributed by atoms with Crippen molar-refractivity contribution in [2.45, 2.75) is 38.1 Å². The van der Waals surface area contributed by atoms with Crippen molar-refractivity contribution in [1.29, 1.82) is 0 Å². The Balaban J connectivity index is 1.30. The number of aromatic nitrogens is 2. The topological polar surface area (TPSA) is 59.5 Å². The fourth-order valence-electron chi connectivity index (χ4n) is 5.21. The van der Waals surface area contributed by atoms with Gasteiger partial charge in [0, 0.05) is 29.7 Å². The molecule has 0 radical (unpaired) electrons. The van der Waals surface area contributed by atoms with E-state index in [1.165, 1.54) is 50.7 Å². The van der Waals surface area contributed by atoms with E-state index in [1.807, 2.05) is 12.1 Å². The molecule has 1 aliphatic heterocycles. The first-order valence-corrected chi connectivity index (χ1v) is 11.9. The summed E-state index contributed by atoms with van der Waals surface area (Å²) in [7, 11) is 1.62. The van der Waals surface area contributed by atoms with Gasteiger partial charge in [-0.05, 0) is 62.4 Å². The summed E-state index contributed by atoms with van der Waals surface area (Å²) in [5.41, 5.74) is 1.35. The van der Waals surface area contributed by atoms with Crippen LogP contribution in [0.1, 0.15) is 32.1 Å². The van der Waals surface area contributed by atoms with Crippen molar-refractivity contribution in [2.24, 2.45) is 5.92 Å². The Morgan fingerprint density at radius 2 is 2.06 bits per heavy atom. The number of nitrogens with one attached hydrogen (secondary N) is 1. The lowest BCUT2D eigenvalue weighted by molar-refractivity contribution is 0.210. The van der Waals surface area contributed by atoms with Gasteiger partial charge in [-0.25, -0.2) is 14.4 Å². The SMILES string of the molecule is COc1cc2ncnc(Nc3ccc(F)c(Cl)c3)c2cc1OCCCN1CCC2CCCC21. The maximum atomic E-state index is 13.5. The Kier molecular flexibility index (Phi) is 6.51. The highest BCUT2D eigenvalue weighted by Crippen LogP contribution is 2.38. The maximum Gasteiger partial charge on any atom is 0.162 e. The van der Waals surface area contributed by atoms with Gasteiger partial charge in [0.05, 0.1) is 24.3 Å². The van der Waals surface area contributed by atoms with E-state index in [0.717, 1.165) is 30.3 Å². The summed E-state index contributed by atoms with van der Waals surface area (Å²) < 4.78 is 25.2. The van der Waals surface area contributed by atoms with Gasteiger partial charge in [-0.15, -0.1) is 0 Å². The Morgan fingerprint density at radius 3 is 2.91 bits per heavy atom. The third-order valence-corrected chi connectivity index (χ3v) is 7.12. The van der Waals surface area contributed by atoms with Gasteiger partial charge in [0.25, 0.3) is 0 Å². The highest BCUT2D eigenvalue weighted by Gasteiger charge is 2.36. The number of methoxy groups -OCH3 is 1. The molecule has 2 unspecified atom stereocenters. The normalized spacial score (nSPS) is 20.2. The summed E-state index contributed by atoms with van der Waals surface area (Å²) in [6.45, 7) is 2.90. The first-order chi connectivity index (χ1) is 16.1. The molecule has 3 aromatic rings. The van der Waals surface area contributed by atoms with Gasteiger partial charge in [-0.1, -0.05) is 18.0 Å². The molecule has 2 heterocycles. The average molecular weight is 471 g/mol. The fourth-order valence-corrected chi connectivity index (χ4v) is 5.39. The lowest BCUT2D eigenvalue weighted by Gasteiger charge is -2.23. The van der Waals surface area contributed by atoms with E-state index in [1.54, 1.807) is 13.2 Å². The molecule has 1 aliphatic carbocycles. The van der Waals surface area contributed by atoms with E-state index in [2.05, 4.69) is 20.2 Å². The van der Waals surface area contributed by atoms with Crippen LogP contribution in [0.25, 0.3) is 10.9 Å². The van der Waals surface area contributed by atoms with Gasteiger partial charge < -0.3 is 14.8 Å². The second-order valence-electron chi connectivity index (χ2n) is 8.78. The third kappa shape index (κ3) is 4.70. The molecule has 1 saturated heterocycles. The zero-order chi connectivity index (χ0) is 22.8. The molecule has 2 aromatic carbocycles. The van der Waals surface area contributed by atoms with Gasteiger partial charge >= 0.3 is 0 Å². The van der Waals surface area contributed by atoms with Crippen molar-refractivity contribution in [3.05, 3.63) is 47.5 Å². The number of hydrogen-bond acceptors (Lipinski definition) is 6. The van der Waals surface area contributed by atoms with E-state index in [4.69, 9.17) is 21.1 Å². The minimum Gasteiger partial charge on any atom is -0.493 e. The molecular formula is C25H28ClFN4O2. The van der Waals surface area contributed by atoms with Crippen LogP contribution in [-0.2, 0) is 0 Å². The Morgan fingerprint density at radius 1 is 1.15 bits per heavy atom. The molecule has 2 atom stereocenters. The smallest absolute Gasteiger partial charge is 0.162 e. The lowest BCUT2D eigenvalue weighted by Crippen LogP contribution is -2.31. The van der Waals surface area contributed by atoms with Crippen LogP contribution >= 0.6 is 11.6 Å². The van der Waals surface area contributed by atoms with Crippen molar-refractivity contribution in [3.8, 4) is 11.5 Å². The first kappa shape index (κ1) is 22.2. The van der Waals surface area contributed by atoms with Crippen LogP contribution in [0.4, 0.5) is 15.9 Å². The van der Waals surface area contributed by atoms with E-state index in [-0.39, 0.29) is 5.02 Å². The molecular weight excluding hydrogens is 443 g/mol. The van der Waals surface area contributed by atoms with Gasteiger partial charge in [0.2, 0.25) is 0 Å². The minimum atomic E-state index is -0.465. The van der Waals surface area contributed by atoms with Crippen molar-refractivity contribution >= 4 is 34.0 Å². The van der Waals surface area contributed by atoms with Crippen LogP contribution in [0.3, 0.4) is 0 Å². The van der Waals surface area contributed by atoms with Crippen molar-refractivity contribution in [1.82, 2.24) is 14.9 Å². The second-order valence-corrected chi connectivity index (χ2v) is 9.19. The molecule has 0 amide bonds. The number of hydrogen-bond donors (Lipinski definition) is 1. The van der Waals surface area contributed by atoms with Crippen LogP contribution in [0, 0.1) is 11.7 Å². The van der Waals surface area contributed by atoms with Gasteiger partial charge in [0.1, 0.15) is 18.0 Å². The summed E-state index contributed by atoms with van der Waals surface area (Å²) in [4.78, 5) is 11.4. The van der Waals surface area contributed by atoms with Crippen LogP contribution in [0.5, 0.6) is 11.5 Å². The zero-order valence-electron chi connectivity index (χ0n) is 18.7. The molecule has 0 spiro atoms. The van der Waals surface area contributed by atoms with Crippen LogP contribution in [-0.4, -0.2) is 47.7 Å². The summed E-state index contributed by atoms with van der Waals surface area (Å²) in [6, 6.07) is 8.98. The molecule has 2 aliphatic rings. The summed E-state index contributed by atoms with van der Waals surface area (Å²) in [6.07, 6.45) is 7.91. The molecule has 33 heavy (non-hydrogen) atoms. The molecule has 1 aromatic heterocycles. The Hall–Kier alpha value is -2.64. The Labute approximate surface area is 198 Å². The predicted molar refractivity (Wildman–Crippen MR) is 128 cm³/mol. The van der Waals surface area contributed by atoms with Crippen molar-refractivity contribution in [3.63, 3.8) is 0 Å². The highest BCUT2D eigenvalue weighted by atomic mass is 35.5. The number of rotatable bonds is 8. The van der Waals surface area contributed by atoms with E-state index in [0.29, 0.717) is 35.1 Å². The number of nitrogens with zero attached hydrogens (tertiary/aromatic N) is 3. The number of halogens is 2. The van der Waals surface area contributed by atoms with E-state index < -0.39 is 5.82 Å². The number of fused-ring (bicyclic) bond motifs is 2. The number of ether oxygens (including phenoxy) is 2. The van der Waals surface area contributed by atoms with Crippen molar-refractivity contribution in [2.75, 3.05) is 32.1 Å². The summed E-state index contributed by atoms with van der Waals surface area (Å²) in [5, 5.41) is 4.03. The third-order valence-electron chi connectivity index (χ3n) is 6.83. The van der Waals surface area contributed by atoms with Crippen LogP contribution in [0.15, 0.2) is 36.7 Å². The summed E-state index contributed by atoms with van der Waals surface area (Å²) >= 11 is 5.92. The predicted octanol–water partition coefficient (Wildman–Crippen LogP) is 5.82. The van der Waals surface area contributed by atoms with Crippen LogP contribution < -0.4 is 14.8 Å². The van der Waals surface area contributed by atoms with Gasteiger partial charge in [0.15, 0.2) is 11.5 Å². The molecule has 0 bridgehead atoms. The van der Waals surface area contributed by atoms with Crippen LogP contribution in [0.2, 0.25) is 5.02 Å². The number of likely N-dealkylation sites (tertiary alicyclic amines) is 1. The van der Waals surface area contributed by atoms with Gasteiger partial charge in [-0.3, -0.25) is 4.90 Å². The highest BCUT2D eigenvalue weighted by molar-refractivity contribution is 6.31. The molecule has 2 fully saturated rings. The van der Waals surface area contributed by atoms with Crippen molar-refractivity contribution < 1.29 is 13.9 Å². The average Bonchev–Trinajstić information content (AvgIpc) is 3.44. The molecule has 6 nitrogen and oxygen atoms in total. The summed E-state index contributed by atoms with van der Waals surface area (Å²) in [5.74, 6) is 2.31. The standard InChI is InChI=1S/C25H28ClFN4O2/c1-32-23-14-21-18(25(29-15-28-21)30-17-6-7-20(27)19(26)12-17)13-24(23)33-11-3-9-31-10-8-16-4-2-5-22(16)31/h6-7,12-16,22H,2-5,8-11H2,1H3,(H,28,29,30). The monoisotopic (exact) mass is 470 g/mol. The van der Waals surface area contributed by atoms with E-state index in [9.17, 15) is 4.39 Å². The van der Waals surface area contributed by atoms with Gasteiger partial charge in [-0.2, -0.15) is 0 Å². The largest absolute Gasteiger partial charge is 0.493 e. The zero-order valence-corrected chi connectivity index (χ0v) is 19.4. The molecule has 174 valence electrons. The maximum absolute atomic E-state index is 13.5. The molecule has 1 N–H and O–H groups in total. The molecule has 5 rings (SSSR count). The first-order valence-electron chi connectivity index (χ1n) is 11.5. The Bertz CT molecular complexity index is 1140. The second kappa shape index (κ2) is 9.69. The number of anilines is 2. The quantitative estimate of drug-likeness (QED) is 0.419. The minimum absolute atomic E-state index is 0.0472. The lowest BCUT2D eigenvalue weighted by atomic mass is 10.0.